The van der Waals surface area contributed by atoms with Gasteiger partial charge in [-0.15, -0.1) is 0 Å². The Morgan fingerprint density at radius 3 is 2.45 bits per heavy atom. The van der Waals surface area contributed by atoms with Crippen molar-refractivity contribution < 1.29 is 22.4 Å². The number of sulfonamides is 1. The molecule has 2 heterocycles. The molecule has 0 unspecified atom stereocenters. The van der Waals surface area contributed by atoms with Gasteiger partial charge in [-0.1, -0.05) is 19.9 Å². The summed E-state index contributed by atoms with van der Waals surface area (Å²) in [7, 11) is -3.60. The van der Waals surface area contributed by atoms with Crippen LogP contribution in [0, 0.1) is 12.3 Å². The van der Waals surface area contributed by atoms with Gasteiger partial charge in [0.1, 0.15) is 5.76 Å². The summed E-state index contributed by atoms with van der Waals surface area (Å²) in [6.07, 6.45) is 4.06. The molecule has 2 aliphatic carbocycles. The third-order valence-electron chi connectivity index (χ3n) is 7.20. The Morgan fingerprint density at radius 2 is 1.73 bits per heavy atom. The minimum absolute atomic E-state index is 0.0202. The maximum Gasteiger partial charge on any atom is 0.289 e. The molecule has 0 saturated carbocycles. The molecule has 5 rings (SSSR count). The van der Waals surface area contributed by atoms with Crippen LogP contribution < -0.4 is 0 Å². The zero-order chi connectivity index (χ0) is 23.5. The van der Waals surface area contributed by atoms with Gasteiger partial charge >= 0.3 is 0 Å². The van der Waals surface area contributed by atoms with E-state index in [1.165, 1.54) is 9.87 Å². The van der Waals surface area contributed by atoms with Crippen LogP contribution in [0.25, 0.3) is 0 Å². The number of hydrogen-bond acceptors (Lipinski definition) is 5. The highest BCUT2D eigenvalue weighted by molar-refractivity contribution is 7.89. The predicted octanol–water partition coefficient (Wildman–Crippen LogP) is 3.38. The van der Waals surface area contributed by atoms with Gasteiger partial charge in [0.2, 0.25) is 10.0 Å². The van der Waals surface area contributed by atoms with Crippen molar-refractivity contribution in [1.82, 2.24) is 9.21 Å². The lowest BCUT2D eigenvalue weighted by Gasteiger charge is -2.33. The number of fused-ring (bicyclic) bond motifs is 2. The monoisotopic (exact) mass is 470 g/mol. The molecular weight excluding hydrogens is 440 g/mol. The Labute approximate surface area is 194 Å². The third-order valence-corrected chi connectivity index (χ3v) is 9.10. The van der Waals surface area contributed by atoms with E-state index < -0.39 is 10.0 Å². The van der Waals surface area contributed by atoms with Crippen molar-refractivity contribution in [2.45, 2.75) is 57.8 Å². The van der Waals surface area contributed by atoms with E-state index in [2.05, 4.69) is 0 Å². The standard InChI is InChI=1S/C25H30N2O5S/c1-16-22-20(28)14-25(2,3)15-21(22)32-23(16)24(29)26-9-11-27(12-10-26)33(30,31)19-8-7-17-5-4-6-18(17)13-19/h7-8,13H,4-6,9-12,14-15H2,1-3H3. The second kappa shape index (κ2) is 7.81. The van der Waals surface area contributed by atoms with E-state index >= 15 is 0 Å². The molecule has 8 heteroatoms. The quantitative estimate of drug-likeness (QED) is 0.686. The van der Waals surface area contributed by atoms with E-state index in [-0.39, 0.29) is 49.0 Å². The molecule has 0 bridgehead atoms. The Balaban J connectivity index is 1.31. The van der Waals surface area contributed by atoms with E-state index in [4.69, 9.17) is 4.42 Å². The molecule has 0 radical (unpaired) electrons. The van der Waals surface area contributed by atoms with Crippen molar-refractivity contribution in [1.29, 1.82) is 0 Å². The molecule has 2 aromatic rings. The Hall–Kier alpha value is -2.45. The first kappa shape index (κ1) is 22.3. The van der Waals surface area contributed by atoms with Crippen molar-refractivity contribution in [2.75, 3.05) is 26.2 Å². The number of carbonyl (C=O) groups excluding carboxylic acids is 2. The first-order valence-corrected chi connectivity index (χ1v) is 13.1. The van der Waals surface area contributed by atoms with Crippen LogP contribution in [0.3, 0.4) is 0 Å². The van der Waals surface area contributed by atoms with Crippen LogP contribution in [0.2, 0.25) is 0 Å². The lowest BCUT2D eigenvalue weighted by Crippen LogP contribution is -2.50. The Morgan fingerprint density at radius 1 is 1.03 bits per heavy atom. The third kappa shape index (κ3) is 3.83. The van der Waals surface area contributed by atoms with Gasteiger partial charge in [0.05, 0.1) is 10.5 Å². The average molecular weight is 471 g/mol. The summed E-state index contributed by atoms with van der Waals surface area (Å²) >= 11 is 0. The number of nitrogens with zero attached hydrogens (tertiary/aromatic N) is 2. The largest absolute Gasteiger partial charge is 0.455 e. The highest BCUT2D eigenvalue weighted by Gasteiger charge is 2.39. The van der Waals surface area contributed by atoms with Crippen molar-refractivity contribution in [3.8, 4) is 0 Å². The molecule has 1 aromatic carbocycles. The SMILES string of the molecule is Cc1c(C(=O)N2CCN(S(=O)(=O)c3ccc4c(c3)CCC4)CC2)oc2c1C(=O)CC(C)(C)C2. The number of ketones is 1. The minimum Gasteiger partial charge on any atom is -0.455 e. The number of amides is 1. The molecule has 0 spiro atoms. The van der Waals surface area contributed by atoms with Gasteiger partial charge in [-0.25, -0.2) is 8.42 Å². The summed E-state index contributed by atoms with van der Waals surface area (Å²) in [5, 5.41) is 0. The number of furan rings is 1. The van der Waals surface area contributed by atoms with Crippen LogP contribution in [0.1, 0.15) is 70.1 Å². The number of rotatable bonds is 3. The number of piperazine rings is 1. The van der Waals surface area contributed by atoms with E-state index in [1.807, 2.05) is 26.0 Å². The average Bonchev–Trinajstić information content (AvgIpc) is 3.36. The summed E-state index contributed by atoms with van der Waals surface area (Å²) in [6, 6.07) is 5.44. The molecular formula is C25H30N2O5S. The van der Waals surface area contributed by atoms with Gasteiger partial charge in [0.15, 0.2) is 11.5 Å². The fourth-order valence-corrected chi connectivity index (χ4v) is 6.89. The van der Waals surface area contributed by atoms with E-state index in [1.54, 1.807) is 17.9 Å². The number of carbonyl (C=O) groups is 2. The van der Waals surface area contributed by atoms with Crippen LogP contribution in [-0.4, -0.2) is 55.5 Å². The Kier molecular flexibility index (Phi) is 5.29. The summed E-state index contributed by atoms with van der Waals surface area (Å²) in [5.41, 5.74) is 3.33. The molecule has 1 saturated heterocycles. The molecule has 0 atom stereocenters. The van der Waals surface area contributed by atoms with E-state index in [9.17, 15) is 18.0 Å². The van der Waals surface area contributed by atoms with Crippen LogP contribution in [-0.2, 0) is 29.3 Å². The number of aryl methyl sites for hydroxylation is 2. The number of benzene rings is 1. The summed E-state index contributed by atoms with van der Waals surface area (Å²) in [5.74, 6) is 0.546. The zero-order valence-corrected chi connectivity index (χ0v) is 20.3. The molecule has 3 aliphatic rings. The van der Waals surface area contributed by atoms with Gasteiger partial charge in [-0.05, 0) is 54.9 Å². The van der Waals surface area contributed by atoms with Crippen molar-refractivity contribution in [3.05, 3.63) is 52.0 Å². The van der Waals surface area contributed by atoms with Gasteiger partial charge < -0.3 is 9.32 Å². The molecule has 33 heavy (non-hydrogen) atoms. The summed E-state index contributed by atoms with van der Waals surface area (Å²) < 4.78 is 33.7. The molecule has 1 fully saturated rings. The Bertz CT molecular complexity index is 1250. The fraction of sp³-hybridized carbons (Fsp3) is 0.520. The molecule has 1 aliphatic heterocycles. The molecule has 176 valence electrons. The lowest BCUT2D eigenvalue weighted by molar-refractivity contribution is 0.0660. The highest BCUT2D eigenvalue weighted by Crippen LogP contribution is 2.38. The lowest BCUT2D eigenvalue weighted by atomic mass is 9.76. The van der Waals surface area contributed by atoms with Crippen molar-refractivity contribution in [3.63, 3.8) is 0 Å². The predicted molar refractivity (Wildman–Crippen MR) is 123 cm³/mol. The second-order valence-corrected chi connectivity index (χ2v) is 12.2. The smallest absolute Gasteiger partial charge is 0.289 e. The zero-order valence-electron chi connectivity index (χ0n) is 19.4. The fourth-order valence-electron chi connectivity index (χ4n) is 5.42. The van der Waals surface area contributed by atoms with Gasteiger partial charge in [0.25, 0.3) is 5.91 Å². The maximum atomic E-state index is 13.2. The topological polar surface area (TPSA) is 87.9 Å². The van der Waals surface area contributed by atoms with Crippen LogP contribution in [0.5, 0.6) is 0 Å². The van der Waals surface area contributed by atoms with Crippen molar-refractivity contribution in [2.24, 2.45) is 5.41 Å². The number of Topliss-reactive ketones (excluding diaryl/α,β-unsaturated/α-hetero) is 1. The normalized spacial score (nSPS) is 20.6. The minimum atomic E-state index is -3.60. The highest BCUT2D eigenvalue weighted by atomic mass is 32.2. The number of hydrogen-bond donors (Lipinski definition) is 0. The second-order valence-electron chi connectivity index (χ2n) is 10.3. The maximum absolute atomic E-state index is 13.2. The summed E-state index contributed by atoms with van der Waals surface area (Å²) in [6.45, 7) is 6.84. The van der Waals surface area contributed by atoms with E-state index in [0.29, 0.717) is 34.6 Å². The van der Waals surface area contributed by atoms with Gasteiger partial charge in [-0.2, -0.15) is 4.31 Å². The van der Waals surface area contributed by atoms with E-state index in [0.717, 1.165) is 24.8 Å². The summed E-state index contributed by atoms with van der Waals surface area (Å²) in [4.78, 5) is 27.8. The van der Waals surface area contributed by atoms with Crippen LogP contribution in [0.15, 0.2) is 27.5 Å². The van der Waals surface area contributed by atoms with Crippen molar-refractivity contribution >= 4 is 21.7 Å². The van der Waals surface area contributed by atoms with Crippen LogP contribution in [0.4, 0.5) is 0 Å². The molecule has 7 nitrogen and oxygen atoms in total. The first-order valence-electron chi connectivity index (χ1n) is 11.6. The van der Waals surface area contributed by atoms with Crippen LogP contribution >= 0.6 is 0 Å². The van der Waals surface area contributed by atoms with Gasteiger partial charge in [-0.3, -0.25) is 9.59 Å². The first-order chi connectivity index (χ1) is 15.6. The molecule has 1 amide bonds. The van der Waals surface area contributed by atoms with Gasteiger partial charge in [0, 0.05) is 44.6 Å². The molecule has 0 N–H and O–H groups in total. The molecule has 1 aromatic heterocycles.